The topological polar surface area (TPSA) is 55.8 Å². The molecule has 0 bridgehead atoms. The highest BCUT2D eigenvalue weighted by Crippen LogP contribution is 2.21. The van der Waals surface area contributed by atoms with E-state index in [1.807, 2.05) is 6.92 Å². The highest BCUT2D eigenvalue weighted by Gasteiger charge is 2.16. The van der Waals surface area contributed by atoms with Crippen LogP contribution in [0.1, 0.15) is 140 Å². The fourth-order valence-electron chi connectivity index (χ4n) is 3.33. The zero-order valence-corrected chi connectivity index (χ0v) is 23.9. The molecule has 0 aromatic heterocycles. The van der Waals surface area contributed by atoms with Gasteiger partial charge in [0.2, 0.25) is 0 Å². The minimum Gasteiger partial charge on any atom is -0.463 e. The summed E-state index contributed by atoms with van der Waals surface area (Å²) >= 11 is 0. The summed E-state index contributed by atoms with van der Waals surface area (Å²) in [6.45, 7) is 16.8. The van der Waals surface area contributed by atoms with Crippen LogP contribution < -0.4 is 0 Å². The first kappa shape index (κ1) is 46.2. The van der Waals surface area contributed by atoms with E-state index in [4.69, 9.17) is 14.6 Å². The van der Waals surface area contributed by atoms with Gasteiger partial charge in [0.25, 0.3) is 0 Å². The van der Waals surface area contributed by atoms with Crippen molar-refractivity contribution in [3.63, 3.8) is 0 Å². The van der Waals surface area contributed by atoms with Gasteiger partial charge in [-0.1, -0.05) is 115 Å². The average Bonchev–Trinajstić information content (AvgIpc) is 3.29. The van der Waals surface area contributed by atoms with Crippen LogP contribution in [0.15, 0.2) is 0 Å². The summed E-state index contributed by atoms with van der Waals surface area (Å²) in [7, 11) is 1.00. The normalized spacial score (nSPS) is 13.5. The number of rotatable bonds is 12. The standard InChI is InChI=1S/C13H28.C9H16O3.C3H8.CH4O.2CH4.H3P/c1-5-12(6-2)10-9-11-13(7-3)8-4;1-2-4-9(10)12-7-8-5-3-6-11-8;1-3-2;1-2;;;/h12-13H,5-11H2,1-4H3;8H,2-7H2,1H3;3H2,1-2H3;2H,1H3;2*1H4;1H3. The smallest absolute Gasteiger partial charge is 0.305 e. The monoisotopic (exact) mass is 498 g/mol. The van der Waals surface area contributed by atoms with Crippen molar-refractivity contribution >= 4 is 15.9 Å². The van der Waals surface area contributed by atoms with Gasteiger partial charge in [0.15, 0.2) is 0 Å². The summed E-state index contributed by atoms with van der Waals surface area (Å²) in [5.41, 5.74) is 0. The Kier molecular flexibility index (Phi) is 54.7. The number of esters is 1. The van der Waals surface area contributed by atoms with Crippen LogP contribution in [0.5, 0.6) is 0 Å². The molecule has 0 radical (unpaired) electrons. The van der Waals surface area contributed by atoms with Gasteiger partial charge in [-0.25, -0.2) is 0 Å². The van der Waals surface area contributed by atoms with E-state index in [1.165, 1.54) is 51.4 Å². The summed E-state index contributed by atoms with van der Waals surface area (Å²) in [5.74, 6) is 1.89. The maximum atomic E-state index is 10.9. The summed E-state index contributed by atoms with van der Waals surface area (Å²) in [4.78, 5) is 10.9. The van der Waals surface area contributed by atoms with E-state index in [2.05, 4.69) is 41.5 Å². The second-order valence-corrected chi connectivity index (χ2v) is 8.07. The quantitative estimate of drug-likeness (QED) is 0.215. The minimum absolute atomic E-state index is 0. The molecule has 1 aliphatic heterocycles. The Bertz CT molecular complexity index is 301. The van der Waals surface area contributed by atoms with Crippen molar-refractivity contribution in [3.05, 3.63) is 0 Å². The zero-order valence-electron chi connectivity index (χ0n) is 22.5. The molecule has 2 unspecified atom stereocenters. The van der Waals surface area contributed by atoms with Crippen LogP contribution in [0.25, 0.3) is 0 Å². The van der Waals surface area contributed by atoms with Crippen molar-refractivity contribution in [2.24, 2.45) is 11.8 Å². The first-order valence-corrected chi connectivity index (χ1v) is 12.7. The molecule has 0 aromatic rings. The van der Waals surface area contributed by atoms with E-state index >= 15 is 0 Å². The fourth-order valence-corrected chi connectivity index (χ4v) is 3.33. The van der Waals surface area contributed by atoms with Crippen LogP contribution in [0.2, 0.25) is 0 Å². The number of aliphatic hydroxyl groups is 1. The molecule has 2 atom stereocenters. The Morgan fingerprint density at radius 1 is 0.909 bits per heavy atom. The van der Waals surface area contributed by atoms with Gasteiger partial charge < -0.3 is 14.6 Å². The Labute approximate surface area is 214 Å². The van der Waals surface area contributed by atoms with E-state index in [0.717, 1.165) is 44.8 Å². The van der Waals surface area contributed by atoms with E-state index in [1.54, 1.807) is 0 Å². The van der Waals surface area contributed by atoms with Gasteiger partial charge in [0.05, 0.1) is 6.10 Å². The molecule has 1 N–H and O–H groups in total. The van der Waals surface area contributed by atoms with E-state index < -0.39 is 0 Å². The van der Waals surface area contributed by atoms with Gasteiger partial charge in [-0.05, 0) is 31.1 Å². The lowest BCUT2D eigenvalue weighted by Crippen LogP contribution is -2.17. The van der Waals surface area contributed by atoms with Crippen molar-refractivity contribution in [1.82, 2.24) is 0 Å². The van der Waals surface area contributed by atoms with E-state index in [0.29, 0.717) is 13.0 Å². The predicted molar refractivity (Wildman–Crippen MR) is 156 cm³/mol. The SMILES string of the molecule is C.C.CCC.CCC(CC)CCCC(CC)CC.CCCC(=O)OCC1CCCO1.CO.P. The number of carbonyl (C=O) groups excluding carboxylic acids is 1. The molecule has 0 aliphatic carbocycles. The van der Waals surface area contributed by atoms with E-state index in [-0.39, 0.29) is 36.8 Å². The molecular formula is C28H67O4P. The van der Waals surface area contributed by atoms with Gasteiger partial charge in [-0.3, -0.25) is 4.79 Å². The second-order valence-electron chi connectivity index (χ2n) is 8.07. The third-order valence-corrected chi connectivity index (χ3v) is 5.44. The first-order chi connectivity index (χ1) is 14.5. The number of hydrogen-bond donors (Lipinski definition) is 1. The van der Waals surface area contributed by atoms with Crippen LogP contribution in [0.3, 0.4) is 0 Å². The molecule has 1 fully saturated rings. The van der Waals surface area contributed by atoms with Gasteiger partial charge in [0, 0.05) is 20.1 Å². The fraction of sp³-hybridized carbons (Fsp3) is 0.964. The molecule has 4 nitrogen and oxygen atoms in total. The number of ether oxygens (including phenoxy) is 2. The van der Waals surface area contributed by atoms with Gasteiger partial charge in [-0.15, -0.1) is 0 Å². The highest BCUT2D eigenvalue weighted by molar-refractivity contribution is 6.92. The molecule has 5 heteroatoms. The van der Waals surface area contributed by atoms with Gasteiger partial charge in [-0.2, -0.15) is 9.90 Å². The number of hydrogen-bond acceptors (Lipinski definition) is 4. The van der Waals surface area contributed by atoms with Gasteiger partial charge in [0.1, 0.15) is 6.61 Å². The Hall–Kier alpha value is -0.180. The molecule has 208 valence electrons. The Balaban J connectivity index is -0.0000000857. The number of carbonyl (C=O) groups is 1. The van der Waals surface area contributed by atoms with Crippen LogP contribution in [0.4, 0.5) is 0 Å². The van der Waals surface area contributed by atoms with E-state index in [9.17, 15) is 4.79 Å². The zero-order chi connectivity index (χ0) is 23.6. The maximum absolute atomic E-state index is 10.9. The average molecular weight is 499 g/mol. The molecule has 1 rings (SSSR count). The Morgan fingerprint density at radius 2 is 1.33 bits per heavy atom. The van der Waals surface area contributed by atoms with Crippen molar-refractivity contribution < 1.29 is 19.4 Å². The molecule has 0 saturated carbocycles. The predicted octanol–water partition coefficient (Wildman–Crippen LogP) is 8.89. The van der Waals surface area contributed by atoms with Crippen molar-refractivity contribution in [3.8, 4) is 0 Å². The van der Waals surface area contributed by atoms with Crippen molar-refractivity contribution in [1.29, 1.82) is 0 Å². The second kappa shape index (κ2) is 39.1. The summed E-state index contributed by atoms with van der Waals surface area (Å²) in [6, 6.07) is 0. The summed E-state index contributed by atoms with van der Waals surface area (Å²) in [6.07, 6.45) is 14.8. The Morgan fingerprint density at radius 3 is 1.64 bits per heavy atom. The summed E-state index contributed by atoms with van der Waals surface area (Å²) in [5, 5.41) is 7.00. The van der Waals surface area contributed by atoms with Crippen molar-refractivity contribution in [2.45, 2.75) is 146 Å². The molecule has 1 heterocycles. The van der Waals surface area contributed by atoms with Crippen LogP contribution in [-0.2, 0) is 14.3 Å². The van der Waals surface area contributed by atoms with Gasteiger partial charge >= 0.3 is 5.97 Å². The molecule has 1 aliphatic rings. The van der Waals surface area contributed by atoms with Crippen LogP contribution in [0, 0.1) is 11.8 Å². The molecule has 0 aromatic carbocycles. The molecule has 0 spiro atoms. The lowest BCUT2D eigenvalue weighted by molar-refractivity contribution is -0.146. The summed E-state index contributed by atoms with van der Waals surface area (Å²) < 4.78 is 10.3. The maximum Gasteiger partial charge on any atom is 0.305 e. The molecule has 33 heavy (non-hydrogen) atoms. The largest absolute Gasteiger partial charge is 0.463 e. The minimum atomic E-state index is -0.104. The molecular weight excluding hydrogens is 431 g/mol. The lowest BCUT2D eigenvalue weighted by atomic mass is 9.91. The highest BCUT2D eigenvalue weighted by atomic mass is 31.0. The van der Waals surface area contributed by atoms with Crippen LogP contribution >= 0.6 is 9.90 Å². The molecule has 0 amide bonds. The first-order valence-electron chi connectivity index (χ1n) is 12.7. The number of aliphatic hydroxyl groups excluding tert-OH is 1. The van der Waals surface area contributed by atoms with Crippen molar-refractivity contribution in [2.75, 3.05) is 20.3 Å². The van der Waals surface area contributed by atoms with Crippen LogP contribution in [-0.4, -0.2) is 37.5 Å². The third-order valence-electron chi connectivity index (χ3n) is 5.44. The third kappa shape index (κ3) is 34.1. The molecule has 1 saturated heterocycles. The lowest BCUT2D eigenvalue weighted by Gasteiger charge is -2.15.